The van der Waals surface area contributed by atoms with E-state index in [4.69, 9.17) is 14.2 Å². The monoisotopic (exact) mass is 566 g/mol. The van der Waals surface area contributed by atoms with Gasteiger partial charge < -0.3 is 24.2 Å². The average Bonchev–Trinajstić information content (AvgIpc) is 3.50. The van der Waals surface area contributed by atoms with E-state index in [0.717, 1.165) is 17.7 Å². The van der Waals surface area contributed by atoms with E-state index in [-0.39, 0.29) is 36.6 Å². The minimum atomic E-state index is -0.875. The number of aromatic nitrogens is 1. The Hall–Kier alpha value is -3.59. The van der Waals surface area contributed by atoms with Crippen LogP contribution < -0.4 is 23.7 Å². The molecule has 4 rings (SSSR count). The van der Waals surface area contributed by atoms with Crippen LogP contribution in [0.3, 0.4) is 0 Å². The molecule has 9 nitrogen and oxygen atoms in total. The SMILES string of the molecule is CCCN(C(=O)CN1C[C@H](c2cc(OC)c3c(c2)OCO3)[C@@H](C(=O)O)[C@@H]1CC(C)(C)C=C(C)C)c1ccc[n+](C)c1. The summed E-state index contributed by atoms with van der Waals surface area (Å²) in [5, 5.41) is 10.6. The number of carbonyl (C=O) groups excluding carboxylic acids is 1. The third-order valence-corrected chi connectivity index (χ3v) is 7.88. The molecule has 2 aromatic rings. The summed E-state index contributed by atoms with van der Waals surface area (Å²) in [5.74, 6) is -0.430. The van der Waals surface area contributed by atoms with Gasteiger partial charge in [0, 0.05) is 31.1 Å². The van der Waals surface area contributed by atoms with Crippen LogP contribution in [0.4, 0.5) is 5.69 Å². The summed E-state index contributed by atoms with van der Waals surface area (Å²) in [5.41, 5.74) is 2.54. The van der Waals surface area contributed by atoms with E-state index < -0.39 is 11.9 Å². The van der Waals surface area contributed by atoms with Crippen molar-refractivity contribution in [3.05, 3.63) is 53.9 Å². The van der Waals surface area contributed by atoms with Crippen molar-refractivity contribution in [2.24, 2.45) is 18.4 Å². The minimum Gasteiger partial charge on any atom is -0.493 e. The fourth-order valence-corrected chi connectivity index (χ4v) is 6.44. The molecule has 41 heavy (non-hydrogen) atoms. The minimum absolute atomic E-state index is 0.0453. The molecule has 1 aromatic carbocycles. The highest BCUT2D eigenvalue weighted by Gasteiger charge is 2.49. The topological polar surface area (TPSA) is 92.4 Å². The van der Waals surface area contributed by atoms with E-state index in [1.807, 2.05) is 60.1 Å². The van der Waals surface area contributed by atoms with Gasteiger partial charge in [-0.2, -0.15) is 0 Å². The van der Waals surface area contributed by atoms with E-state index in [1.165, 1.54) is 5.57 Å². The lowest BCUT2D eigenvalue weighted by molar-refractivity contribution is -0.670. The van der Waals surface area contributed by atoms with Crippen molar-refractivity contribution in [2.75, 3.05) is 38.4 Å². The van der Waals surface area contributed by atoms with Gasteiger partial charge in [-0.05, 0) is 55.9 Å². The zero-order chi connectivity index (χ0) is 29.9. The number of aryl methyl sites for hydroxylation is 1. The molecular weight excluding hydrogens is 522 g/mol. The molecule has 2 aliphatic heterocycles. The molecule has 9 heteroatoms. The molecule has 0 saturated carbocycles. The fourth-order valence-electron chi connectivity index (χ4n) is 6.44. The molecule has 3 atom stereocenters. The number of allylic oxidation sites excluding steroid dienone is 2. The summed E-state index contributed by atoms with van der Waals surface area (Å²) >= 11 is 0. The van der Waals surface area contributed by atoms with Crippen LogP contribution in [-0.2, 0) is 16.6 Å². The Morgan fingerprint density at radius 1 is 1.27 bits per heavy atom. The molecule has 1 N–H and O–H groups in total. The second-order valence-corrected chi connectivity index (χ2v) is 12.1. The largest absolute Gasteiger partial charge is 0.493 e. The molecule has 0 radical (unpaired) electrons. The second kappa shape index (κ2) is 12.5. The van der Waals surface area contributed by atoms with Gasteiger partial charge in [0.25, 0.3) is 0 Å². The first-order chi connectivity index (χ1) is 19.4. The Morgan fingerprint density at radius 2 is 2.02 bits per heavy atom. The van der Waals surface area contributed by atoms with Gasteiger partial charge in [-0.3, -0.25) is 14.5 Å². The molecule has 1 saturated heterocycles. The summed E-state index contributed by atoms with van der Waals surface area (Å²) < 4.78 is 18.7. The molecule has 1 aromatic heterocycles. The molecule has 0 unspecified atom stereocenters. The van der Waals surface area contributed by atoms with E-state index in [9.17, 15) is 14.7 Å². The van der Waals surface area contributed by atoms with Crippen LogP contribution in [-0.4, -0.2) is 61.5 Å². The van der Waals surface area contributed by atoms with Gasteiger partial charge in [0.05, 0.1) is 19.6 Å². The summed E-state index contributed by atoms with van der Waals surface area (Å²) in [6.45, 7) is 11.6. The van der Waals surface area contributed by atoms with Crippen molar-refractivity contribution in [1.82, 2.24) is 4.90 Å². The van der Waals surface area contributed by atoms with Gasteiger partial charge in [-0.15, -0.1) is 0 Å². The van der Waals surface area contributed by atoms with Crippen LogP contribution >= 0.6 is 0 Å². The third kappa shape index (κ3) is 6.84. The lowest BCUT2D eigenvalue weighted by Gasteiger charge is -2.34. The first kappa shape index (κ1) is 30.4. The number of carboxylic acids is 1. The number of likely N-dealkylation sites (tertiary alicyclic amines) is 1. The lowest BCUT2D eigenvalue weighted by Crippen LogP contribution is -2.46. The van der Waals surface area contributed by atoms with Crippen LogP contribution in [0.2, 0.25) is 0 Å². The van der Waals surface area contributed by atoms with E-state index in [2.05, 4.69) is 38.7 Å². The summed E-state index contributed by atoms with van der Waals surface area (Å²) in [6.07, 6.45) is 7.46. The number of anilines is 1. The Balaban J connectivity index is 1.73. The molecule has 0 aliphatic carbocycles. The van der Waals surface area contributed by atoms with Crippen LogP contribution in [0.5, 0.6) is 17.2 Å². The molecule has 0 spiro atoms. The average molecular weight is 567 g/mol. The van der Waals surface area contributed by atoms with Crippen LogP contribution in [0.15, 0.2) is 48.3 Å². The van der Waals surface area contributed by atoms with Gasteiger partial charge in [0.1, 0.15) is 12.7 Å². The number of nitrogens with zero attached hydrogens (tertiary/aromatic N) is 3. The maximum Gasteiger partial charge on any atom is 0.308 e. The fraction of sp³-hybridized carbons (Fsp3) is 0.531. The summed E-state index contributed by atoms with van der Waals surface area (Å²) in [7, 11) is 3.49. The molecule has 0 bridgehead atoms. The van der Waals surface area contributed by atoms with E-state index in [1.54, 1.807) is 7.11 Å². The smallest absolute Gasteiger partial charge is 0.308 e. The molecule has 1 fully saturated rings. The van der Waals surface area contributed by atoms with Gasteiger partial charge in [0.15, 0.2) is 23.9 Å². The molecule has 1 amide bonds. The highest BCUT2D eigenvalue weighted by molar-refractivity contribution is 5.94. The zero-order valence-electron chi connectivity index (χ0n) is 25.3. The van der Waals surface area contributed by atoms with Gasteiger partial charge in [-0.1, -0.05) is 32.4 Å². The molecule has 222 valence electrons. The van der Waals surface area contributed by atoms with Crippen LogP contribution in [0.25, 0.3) is 0 Å². The summed E-state index contributed by atoms with van der Waals surface area (Å²) in [4.78, 5) is 30.8. The Morgan fingerprint density at radius 3 is 2.66 bits per heavy atom. The number of ether oxygens (including phenoxy) is 3. The molecular formula is C32H44N3O6+. The Bertz CT molecular complexity index is 1300. The van der Waals surface area contributed by atoms with E-state index >= 15 is 0 Å². The van der Waals surface area contributed by atoms with Crippen LogP contribution in [0.1, 0.15) is 58.9 Å². The molecule has 2 aliphatic rings. The second-order valence-electron chi connectivity index (χ2n) is 12.1. The third-order valence-electron chi connectivity index (χ3n) is 7.88. The number of fused-ring (bicyclic) bond motifs is 1. The van der Waals surface area contributed by atoms with Crippen molar-refractivity contribution in [3.8, 4) is 17.2 Å². The van der Waals surface area contributed by atoms with Gasteiger partial charge in [-0.25, -0.2) is 4.57 Å². The summed E-state index contributed by atoms with van der Waals surface area (Å²) in [6, 6.07) is 7.22. The number of amides is 1. The number of carboxylic acid groups (broad SMARTS) is 1. The van der Waals surface area contributed by atoms with E-state index in [0.29, 0.717) is 36.8 Å². The zero-order valence-corrected chi connectivity index (χ0v) is 25.3. The van der Waals surface area contributed by atoms with Crippen molar-refractivity contribution in [3.63, 3.8) is 0 Å². The predicted octanol–water partition coefficient (Wildman–Crippen LogP) is 4.54. The van der Waals surface area contributed by atoms with Gasteiger partial charge in [0.2, 0.25) is 18.4 Å². The highest BCUT2D eigenvalue weighted by Crippen LogP contribution is 2.48. The Labute approximate surface area is 243 Å². The Kier molecular flexibility index (Phi) is 9.27. The van der Waals surface area contributed by atoms with Crippen molar-refractivity contribution in [1.29, 1.82) is 0 Å². The normalized spacial score (nSPS) is 20.1. The maximum atomic E-state index is 13.9. The van der Waals surface area contributed by atoms with Crippen molar-refractivity contribution < 1.29 is 33.5 Å². The van der Waals surface area contributed by atoms with Crippen LogP contribution in [0, 0.1) is 11.3 Å². The number of aliphatic carboxylic acids is 1. The number of pyridine rings is 1. The van der Waals surface area contributed by atoms with Gasteiger partial charge >= 0.3 is 5.97 Å². The number of hydrogen-bond acceptors (Lipinski definition) is 6. The number of carbonyl (C=O) groups is 2. The van der Waals surface area contributed by atoms with Crippen molar-refractivity contribution >= 4 is 17.6 Å². The number of rotatable bonds is 11. The van der Waals surface area contributed by atoms with Crippen molar-refractivity contribution in [2.45, 2.75) is 59.4 Å². The predicted molar refractivity (Wildman–Crippen MR) is 156 cm³/mol. The number of benzene rings is 1. The standard InChI is InChI=1S/C32H43N3O6/c1-8-11-35(23-10-9-12-33(6)17-23)28(36)19-34-18-24(22-13-26(39-7)30-27(14-22)40-20-41-30)29(31(37)38)25(34)16-32(4,5)15-21(2)3/h9-10,12-15,17,24-25,29H,8,11,16,18-20H2,1-7H3/p+1/t24-,25+,29-/m1/s1. The molecule has 3 heterocycles. The lowest BCUT2D eigenvalue weighted by atomic mass is 9.77. The quantitative estimate of drug-likeness (QED) is 0.315. The maximum absolute atomic E-state index is 13.9. The first-order valence-electron chi connectivity index (χ1n) is 14.3. The number of methoxy groups -OCH3 is 1. The first-order valence-corrected chi connectivity index (χ1v) is 14.3. The number of hydrogen-bond donors (Lipinski definition) is 1. The highest BCUT2D eigenvalue weighted by atomic mass is 16.7.